The van der Waals surface area contributed by atoms with Gasteiger partial charge in [-0.25, -0.2) is 0 Å². The summed E-state index contributed by atoms with van der Waals surface area (Å²) < 4.78 is 11.1. The number of nitrogens with zero attached hydrogens (tertiary/aromatic N) is 1. The fourth-order valence-electron chi connectivity index (χ4n) is 2.65. The van der Waals surface area contributed by atoms with E-state index < -0.39 is 0 Å². The molecule has 1 saturated heterocycles. The van der Waals surface area contributed by atoms with E-state index in [2.05, 4.69) is 18.7 Å². The van der Waals surface area contributed by atoms with Gasteiger partial charge in [-0.15, -0.1) is 11.8 Å². The van der Waals surface area contributed by atoms with Crippen LogP contribution in [-0.4, -0.2) is 55.6 Å². The molecule has 1 atom stereocenters. The molecular formula is C18H27NO3S. The molecule has 0 amide bonds. The largest absolute Gasteiger partial charge is 0.462 e. The van der Waals surface area contributed by atoms with Crippen molar-refractivity contribution in [3.05, 3.63) is 29.8 Å². The van der Waals surface area contributed by atoms with Crippen LogP contribution in [0.3, 0.4) is 0 Å². The highest BCUT2D eigenvalue weighted by atomic mass is 32.2. The van der Waals surface area contributed by atoms with Crippen molar-refractivity contribution < 1.29 is 14.3 Å². The molecule has 23 heavy (non-hydrogen) atoms. The van der Waals surface area contributed by atoms with Crippen LogP contribution in [0.25, 0.3) is 0 Å². The first-order valence-corrected chi connectivity index (χ1v) is 9.21. The molecular weight excluding hydrogens is 310 g/mol. The molecule has 0 bridgehead atoms. The second kappa shape index (κ2) is 9.30. The van der Waals surface area contributed by atoms with E-state index in [1.165, 1.54) is 17.3 Å². The normalized spacial score (nSPS) is 19.0. The third-order valence-electron chi connectivity index (χ3n) is 3.72. The molecule has 1 aromatic carbocycles. The Bertz CT molecular complexity index is 507. The smallest absolute Gasteiger partial charge is 0.316 e. The van der Waals surface area contributed by atoms with Crippen molar-refractivity contribution in [2.45, 2.75) is 31.8 Å². The SMILES string of the molecule is Cc1ccccc1SCC(=O)OCC1CN(CC(C)C)CCO1. The Labute approximate surface area is 143 Å². The van der Waals surface area contributed by atoms with Crippen LogP contribution in [0.1, 0.15) is 19.4 Å². The van der Waals surface area contributed by atoms with E-state index in [1.807, 2.05) is 31.2 Å². The number of hydrogen-bond acceptors (Lipinski definition) is 5. The van der Waals surface area contributed by atoms with Crippen molar-refractivity contribution in [1.29, 1.82) is 0 Å². The first-order valence-electron chi connectivity index (χ1n) is 8.22. The van der Waals surface area contributed by atoms with E-state index in [9.17, 15) is 4.79 Å². The number of ether oxygens (including phenoxy) is 2. The molecule has 2 rings (SSSR count). The summed E-state index contributed by atoms with van der Waals surface area (Å²) in [6.07, 6.45) is -0.00471. The molecule has 0 N–H and O–H groups in total. The summed E-state index contributed by atoms with van der Waals surface area (Å²) in [5.41, 5.74) is 1.19. The van der Waals surface area contributed by atoms with E-state index in [-0.39, 0.29) is 12.1 Å². The Morgan fingerprint density at radius 1 is 1.43 bits per heavy atom. The zero-order valence-electron chi connectivity index (χ0n) is 14.3. The van der Waals surface area contributed by atoms with Gasteiger partial charge in [-0.3, -0.25) is 9.69 Å². The van der Waals surface area contributed by atoms with Crippen molar-refractivity contribution in [3.8, 4) is 0 Å². The third-order valence-corrected chi connectivity index (χ3v) is 4.86. The molecule has 1 unspecified atom stereocenters. The van der Waals surface area contributed by atoms with Crippen LogP contribution in [-0.2, 0) is 14.3 Å². The number of esters is 1. The Kier molecular flexibility index (Phi) is 7.40. The molecule has 5 heteroatoms. The van der Waals surface area contributed by atoms with E-state index in [0.717, 1.165) is 24.5 Å². The van der Waals surface area contributed by atoms with Gasteiger partial charge in [0.1, 0.15) is 12.7 Å². The Hall–Kier alpha value is -1.04. The lowest BCUT2D eigenvalue weighted by molar-refractivity contribution is -0.147. The van der Waals surface area contributed by atoms with Crippen molar-refractivity contribution in [1.82, 2.24) is 4.90 Å². The number of hydrogen-bond donors (Lipinski definition) is 0. The lowest BCUT2D eigenvalue weighted by atomic mass is 10.2. The molecule has 1 aromatic rings. The van der Waals surface area contributed by atoms with Gasteiger partial charge in [-0.05, 0) is 24.5 Å². The first-order chi connectivity index (χ1) is 11.0. The van der Waals surface area contributed by atoms with Crippen LogP contribution >= 0.6 is 11.8 Å². The number of morpholine rings is 1. The van der Waals surface area contributed by atoms with Gasteiger partial charge in [0.25, 0.3) is 0 Å². The second-order valence-electron chi connectivity index (χ2n) is 6.38. The maximum Gasteiger partial charge on any atom is 0.316 e. The molecule has 1 aliphatic heterocycles. The van der Waals surface area contributed by atoms with Crippen LogP contribution in [0.5, 0.6) is 0 Å². The Morgan fingerprint density at radius 3 is 2.96 bits per heavy atom. The molecule has 1 aliphatic rings. The van der Waals surface area contributed by atoms with Crippen LogP contribution < -0.4 is 0 Å². The minimum absolute atomic E-state index is 0.00471. The summed E-state index contributed by atoms with van der Waals surface area (Å²) >= 11 is 1.52. The minimum atomic E-state index is -0.178. The number of carbonyl (C=O) groups is 1. The number of thioether (sulfide) groups is 1. The second-order valence-corrected chi connectivity index (χ2v) is 7.40. The number of aryl methyl sites for hydroxylation is 1. The van der Waals surface area contributed by atoms with Crippen LogP contribution in [0.2, 0.25) is 0 Å². The van der Waals surface area contributed by atoms with Gasteiger partial charge >= 0.3 is 5.97 Å². The molecule has 4 nitrogen and oxygen atoms in total. The van der Waals surface area contributed by atoms with Gasteiger partial charge < -0.3 is 9.47 Å². The summed E-state index contributed by atoms with van der Waals surface area (Å²) in [7, 11) is 0. The molecule has 1 fully saturated rings. The Morgan fingerprint density at radius 2 is 2.22 bits per heavy atom. The van der Waals surface area contributed by atoms with Crippen LogP contribution in [0.4, 0.5) is 0 Å². The summed E-state index contributed by atoms with van der Waals surface area (Å²) in [6.45, 7) is 10.4. The average Bonchev–Trinajstić information content (AvgIpc) is 2.52. The van der Waals surface area contributed by atoms with Gasteiger partial charge in [-0.1, -0.05) is 32.0 Å². The summed E-state index contributed by atoms with van der Waals surface area (Å²) in [4.78, 5) is 15.4. The van der Waals surface area contributed by atoms with Crippen molar-refractivity contribution in [2.24, 2.45) is 5.92 Å². The predicted molar refractivity (Wildman–Crippen MR) is 93.9 cm³/mol. The first kappa shape index (κ1) is 18.3. The maximum atomic E-state index is 11.9. The zero-order chi connectivity index (χ0) is 16.7. The zero-order valence-corrected chi connectivity index (χ0v) is 15.1. The lowest BCUT2D eigenvalue weighted by Crippen LogP contribution is -2.45. The number of carbonyl (C=O) groups excluding carboxylic acids is 1. The van der Waals surface area contributed by atoms with Crippen LogP contribution in [0, 0.1) is 12.8 Å². The highest BCUT2D eigenvalue weighted by Crippen LogP contribution is 2.21. The standard InChI is InChI=1S/C18H27NO3S/c1-14(2)10-19-8-9-21-16(11-19)12-22-18(20)13-23-17-7-5-4-6-15(17)3/h4-7,14,16H,8-13H2,1-3H3. The van der Waals surface area contributed by atoms with Gasteiger partial charge in [-0.2, -0.15) is 0 Å². The van der Waals surface area contributed by atoms with E-state index in [1.54, 1.807) is 0 Å². The van der Waals surface area contributed by atoms with Crippen molar-refractivity contribution >= 4 is 17.7 Å². The molecule has 0 spiro atoms. The lowest BCUT2D eigenvalue weighted by Gasteiger charge is -2.33. The van der Waals surface area contributed by atoms with Gasteiger partial charge in [0.15, 0.2) is 0 Å². The topological polar surface area (TPSA) is 38.8 Å². The monoisotopic (exact) mass is 337 g/mol. The fourth-order valence-corrected chi connectivity index (χ4v) is 3.47. The molecule has 0 aliphatic carbocycles. The quantitative estimate of drug-likeness (QED) is 0.565. The summed E-state index contributed by atoms with van der Waals surface area (Å²) in [6, 6.07) is 8.06. The molecule has 0 aromatic heterocycles. The summed E-state index contributed by atoms with van der Waals surface area (Å²) in [5, 5.41) is 0. The molecule has 128 valence electrons. The van der Waals surface area contributed by atoms with Crippen molar-refractivity contribution in [3.63, 3.8) is 0 Å². The molecule has 0 radical (unpaired) electrons. The fraction of sp³-hybridized carbons (Fsp3) is 0.611. The molecule has 1 heterocycles. The third kappa shape index (κ3) is 6.53. The highest BCUT2D eigenvalue weighted by Gasteiger charge is 2.22. The predicted octanol–water partition coefficient (Wildman–Crippen LogP) is 2.99. The average molecular weight is 337 g/mol. The maximum absolute atomic E-state index is 11.9. The van der Waals surface area contributed by atoms with E-state index >= 15 is 0 Å². The van der Waals surface area contributed by atoms with Crippen molar-refractivity contribution in [2.75, 3.05) is 38.6 Å². The van der Waals surface area contributed by atoms with Gasteiger partial charge in [0.05, 0.1) is 12.4 Å². The van der Waals surface area contributed by atoms with Gasteiger partial charge in [0.2, 0.25) is 0 Å². The highest BCUT2D eigenvalue weighted by molar-refractivity contribution is 8.00. The summed E-state index contributed by atoms with van der Waals surface area (Å²) in [5.74, 6) is 0.803. The number of benzene rings is 1. The minimum Gasteiger partial charge on any atom is -0.462 e. The Balaban J connectivity index is 1.69. The van der Waals surface area contributed by atoms with E-state index in [0.29, 0.717) is 24.9 Å². The van der Waals surface area contributed by atoms with Gasteiger partial charge in [0, 0.05) is 24.5 Å². The van der Waals surface area contributed by atoms with E-state index in [4.69, 9.17) is 9.47 Å². The molecule has 0 saturated carbocycles. The van der Waals surface area contributed by atoms with Crippen LogP contribution in [0.15, 0.2) is 29.2 Å². The number of rotatable bonds is 7.